The maximum absolute atomic E-state index is 12.2. The second kappa shape index (κ2) is 13.3. The highest BCUT2D eigenvalue weighted by Gasteiger charge is 2.29. The number of fused-ring (bicyclic) bond motifs is 8. The highest BCUT2D eigenvalue weighted by Crippen LogP contribution is 2.43. The van der Waals surface area contributed by atoms with Crippen molar-refractivity contribution >= 4 is 8.32 Å². The molecule has 0 amide bonds. The van der Waals surface area contributed by atoms with E-state index in [2.05, 4.69) is 151 Å². The number of phenols is 3. The van der Waals surface area contributed by atoms with E-state index in [9.17, 15) is 15.3 Å². The van der Waals surface area contributed by atoms with E-state index >= 15 is 0 Å². The molecule has 0 saturated heterocycles. The molecule has 4 nitrogen and oxygen atoms in total. The van der Waals surface area contributed by atoms with E-state index in [0.29, 0.717) is 25.7 Å². The third-order valence-electron chi connectivity index (χ3n) is 10.4. The Morgan fingerprint density at radius 3 is 0.769 bits per heavy atom. The minimum atomic E-state index is -2.12. The summed E-state index contributed by atoms with van der Waals surface area (Å²) in [5.41, 5.74) is 10.8. The van der Waals surface area contributed by atoms with Crippen LogP contribution in [-0.2, 0) is 47.3 Å². The molecule has 52 heavy (non-hydrogen) atoms. The lowest BCUT2D eigenvalue weighted by Gasteiger charge is -2.30. The van der Waals surface area contributed by atoms with Gasteiger partial charge in [0.15, 0.2) is 0 Å². The van der Waals surface area contributed by atoms with Crippen LogP contribution < -0.4 is 4.43 Å². The average Bonchev–Trinajstić information content (AvgIpc) is 2.96. The molecule has 4 aromatic rings. The van der Waals surface area contributed by atoms with Crippen LogP contribution in [0.5, 0.6) is 23.0 Å². The van der Waals surface area contributed by atoms with Gasteiger partial charge in [-0.05, 0) is 108 Å². The lowest BCUT2D eigenvalue weighted by molar-refractivity contribution is 0.451. The lowest BCUT2D eigenvalue weighted by Crippen LogP contribution is -2.30. The third-order valence-corrected chi connectivity index (χ3v) is 11.3. The van der Waals surface area contributed by atoms with Crippen LogP contribution in [0.3, 0.4) is 0 Å². The summed E-state index contributed by atoms with van der Waals surface area (Å²) in [5, 5.41) is 36.4. The van der Waals surface area contributed by atoms with Crippen LogP contribution in [0.1, 0.15) is 150 Å². The number of hydrogen-bond acceptors (Lipinski definition) is 4. The van der Waals surface area contributed by atoms with Crippen LogP contribution in [0, 0.1) is 0 Å². The van der Waals surface area contributed by atoms with Crippen molar-refractivity contribution in [2.24, 2.45) is 0 Å². The molecule has 4 aromatic carbocycles. The van der Waals surface area contributed by atoms with Gasteiger partial charge in [-0.2, -0.15) is 0 Å². The SMILES string of the molecule is CC(C)(C)c1cc2c(O)c(c1)Cc1cc(C(C)(C)C)cc(c1O)Cc1cc(C(C)(C)C)cc(c1O[Si](C)(C)C)Cc1cc(C(C)(C)C)cc(c1O)C2. The van der Waals surface area contributed by atoms with Gasteiger partial charge < -0.3 is 19.7 Å². The highest BCUT2D eigenvalue weighted by molar-refractivity contribution is 6.70. The summed E-state index contributed by atoms with van der Waals surface area (Å²) in [4.78, 5) is 0. The number of aromatic hydroxyl groups is 3. The largest absolute Gasteiger partial charge is 0.544 e. The van der Waals surface area contributed by atoms with E-state index in [-0.39, 0.29) is 38.9 Å². The molecule has 0 atom stereocenters. The van der Waals surface area contributed by atoms with Crippen LogP contribution in [-0.4, -0.2) is 23.6 Å². The first kappa shape index (κ1) is 39.5. The van der Waals surface area contributed by atoms with Crippen molar-refractivity contribution in [1.29, 1.82) is 0 Å². The maximum atomic E-state index is 12.2. The molecule has 0 heterocycles. The maximum Gasteiger partial charge on any atom is 0.242 e. The lowest BCUT2D eigenvalue weighted by atomic mass is 9.79. The molecule has 0 saturated carbocycles. The molecule has 5 rings (SSSR count). The monoisotopic (exact) mass is 720 g/mol. The molecular formula is C47H64O4Si. The van der Waals surface area contributed by atoms with Crippen molar-refractivity contribution in [3.63, 3.8) is 0 Å². The standard InChI is InChI=1S/C47H64O4Si/c1-44(2,3)36-20-28-16-30-22-37(45(4,5)6)24-32(41(30)49)18-34-26-39(47(10,11)12)27-35(43(34)51-52(13,14)15)19-33-25-38(46(7,8)9)23-31(42(33)50)17-29(21-36)40(28)48/h20-27,48-50H,16-19H2,1-15H3. The zero-order chi connectivity index (χ0) is 38.9. The molecule has 3 N–H and O–H groups in total. The predicted octanol–water partition coefficient (Wildman–Crippen LogP) is 11.9. The predicted molar refractivity (Wildman–Crippen MR) is 221 cm³/mol. The van der Waals surface area contributed by atoms with Crippen molar-refractivity contribution in [3.05, 3.63) is 115 Å². The summed E-state index contributed by atoms with van der Waals surface area (Å²) in [6.07, 6.45) is 1.71. The van der Waals surface area contributed by atoms with Gasteiger partial charge in [0.25, 0.3) is 0 Å². The summed E-state index contributed by atoms with van der Waals surface area (Å²) < 4.78 is 7.03. The van der Waals surface area contributed by atoms with E-state index in [1.54, 1.807) is 0 Å². The van der Waals surface area contributed by atoms with Gasteiger partial charge >= 0.3 is 0 Å². The van der Waals surface area contributed by atoms with Crippen LogP contribution in [0.4, 0.5) is 0 Å². The second-order valence-corrected chi connectivity index (χ2v) is 24.9. The molecule has 0 aliphatic heterocycles. The van der Waals surface area contributed by atoms with Gasteiger partial charge in [-0.3, -0.25) is 0 Å². The van der Waals surface area contributed by atoms with Crippen LogP contribution in [0.2, 0.25) is 19.6 Å². The van der Waals surface area contributed by atoms with Gasteiger partial charge in [0.2, 0.25) is 8.32 Å². The zero-order valence-electron chi connectivity index (χ0n) is 34.7. The fraction of sp³-hybridized carbons (Fsp3) is 0.489. The topological polar surface area (TPSA) is 69.9 Å². The summed E-state index contributed by atoms with van der Waals surface area (Å²) in [6.45, 7) is 33.1. The summed E-state index contributed by atoms with van der Waals surface area (Å²) in [7, 11) is -2.12. The fourth-order valence-corrected chi connectivity index (χ4v) is 7.97. The normalized spacial score (nSPS) is 14.4. The molecular weight excluding hydrogens is 657 g/mol. The average molecular weight is 721 g/mol. The molecule has 1 aliphatic rings. The number of benzene rings is 4. The van der Waals surface area contributed by atoms with Gasteiger partial charge in [0, 0.05) is 25.7 Å². The molecule has 5 heteroatoms. The van der Waals surface area contributed by atoms with Gasteiger partial charge in [0.05, 0.1) is 0 Å². The number of rotatable bonds is 2. The summed E-state index contributed by atoms with van der Waals surface area (Å²) >= 11 is 0. The van der Waals surface area contributed by atoms with E-state index in [1.807, 2.05) is 0 Å². The molecule has 0 spiro atoms. The fourth-order valence-electron chi connectivity index (χ4n) is 7.10. The van der Waals surface area contributed by atoms with E-state index < -0.39 is 8.32 Å². The van der Waals surface area contributed by atoms with Gasteiger partial charge in [-0.15, -0.1) is 0 Å². The first-order valence-electron chi connectivity index (χ1n) is 19.0. The van der Waals surface area contributed by atoms with E-state index in [0.717, 1.165) is 66.9 Å². The Morgan fingerprint density at radius 2 is 0.577 bits per heavy atom. The third kappa shape index (κ3) is 8.57. The van der Waals surface area contributed by atoms with Crippen LogP contribution >= 0.6 is 0 Å². The Balaban J connectivity index is 1.94. The molecule has 0 aromatic heterocycles. The van der Waals surface area contributed by atoms with Gasteiger partial charge in [0.1, 0.15) is 23.0 Å². The Kier molecular flexibility index (Phi) is 10.1. The quantitative estimate of drug-likeness (QED) is 0.159. The van der Waals surface area contributed by atoms with Crippen LogP contribution in [0.15, 0.2) is 48.5 Å². The first-order chi connectivity index (χ1) is 23.6. The number of hydrogen-bond donors (Lipinski definition) is 3. The Bertz CT molecular complexity index is 1880. The Hall–Kier alpha value is -3.70. The molecule has 1 aliphatic carbocycles. The zero-order valence-corrected chi connectivity index (χ0v) is 35.7. The molecule has 280 valence electrons. The van der Waals surface area contributed by atoms with Gasteiger partial charge in [-0.1, -0.05) is 132 Å². The minimum Gasteiger partial charge on any atom is -0.544 e. The van der Waals surface area contributed by atoms with E-state index in [1.165, 1.54) is 5.56 Å². The molecule has 0 fully saturated rings. The summed E-state index contributed by atoms with van der Waals surface area (Å²) in [6, 6.07) is 17.3. The molecule has 0 unspecified atom stereocenters. The number of phenolic OH excluding ortho intramolecular Hbond substituents is 3. The van der Waals surface area contributed by atoms with Crippen LogP contribution in [0.25, 0.3) is 0 Å². The molecule has 0 radical (unpaired) electrons. The molecule has 8 bridgehead atoms. The van der Waals surface area contributed by atoms with Crippen molar-refractivity contribution in [2.75, 3.05) is 0 Å². The van der Waals surface area contributed by atoms with Crippen molar-refractivity contribution < 1.29 is 19.7 Å². The minimum absolute atomic E-state index is 0.145. The van der Waals surface area contributed by atoms with Crippen molar-refractivity contribution in [3.8, 4) is 23.0 Å². The first-order valence-corrected chi connectivity index (χ1v) is 22.4. The smallest absolute Gasteiger partial charge is 0.242 e. The summed E-state index contributed by atoms with van der Waals surface area (Å²) in [5.74, 6) is 1.61. The Morgan fingerprint density at radius 1 is 0.385 bits per heavy atom. The highest BCUT2D eigenvalue weighted by atomic mass is 28.4. The van der Waals surface area contributed by atoms with E-state index in [4.69, 9.17) is 4.43 Å². The second-order valence-electron chi connectivity index (χ2n) is 20.5. The van der Waals surface area contributed by atoms with Gasteiger partial charge in [-0.25, -0.2) is 0 Å². The van der Waals surface area contributed by atoms with Crippen molar-refractivity contribution in [2.45, 2.75) is 150 Å². The van der Waals surface area contributed by atoms with Crippen molar-refractivity contribution in [1.82, 2.24) is 0 Å². The Labute approximate surface area is 315 Å².